The molecule has 4 aliphatic rings. The fourth-order valence-electron chi connectivity index (χ4n) is 15.3. The van der Waals surface area contributed by atoms with Crippen molar-refractivity contribution >= 4 is 7.92 Å². The van der Waals surface area contributed by atoms with Gasteiger partial charge in [0.2, 0.25) is 0 Å². The SMILES string of the molecule is CC1CP(C)CC2(C)CCC(c3cc(F)cc(-c4ccc(C(C)C)cc4-c4cccc(-c5cc(C(C)C)ccc5-c5cc(F)cc(C67CC(C)CC(C)(CC(C)(C)C6)C7)c5O)n4)c3O)(C1)C2. The minimum absolute atomic E-state index is 0.0559. The average Bonchev–Trinajstić information content (AvgIpc) is 3.56. The molecule has 66 heavy (non-hydrogen) atoms. The number of nitrogens with zero attached hydrogens (tertiary/aromatic N) is 1. The second-order valence-corrected chi connectivity index (χ2v) is 27.0. The second-order valence-electron chi connectivity index (χ2n) is 24.6. The van der Waals surface area contributed by atoms with Gasteiger partial charge in [0.1, 0.15) is 23.1 Å². The first-order valence-corrected chi connectivity index (χ1v) is 27.2. The average molecular weight is 910 g/mol. The highest BCUT2D eigenvalue weighted by Crippen LogP contribution is 2.65. The van der Waals surface area contributed by atoms with Crippen LogP contribution >= 0.6 is 7.92 Å². The van der Waals surface area contributed by atoms with Gasteiger partial charge in [-0.1, -0.05) is 99.6 Å². The molecule has 1 saturated heterocycles. The number of benzene rings is 4. The fraction of sp³-hybridized carbons (Fsp3) is 0.517. The molecule has 6 heteroatoms. The maximum Gasteiger partial charge on any atom is 0.127 e. The van der Waals surface area contributed by atoms with Crippen LogP contribution in [0.1, 0.15) is 161 Å². The Morgan fingerprint density at radius 1 is 0.576 bits per heavy atom. The van der Waals surface area contributed by atoms with Crippen molar-refractivity contribution in [2.24, 2.45) is 28.1 Å². The van der Waals surface area contributed by atoms with Crippen LogP contribution in [0.3, 0.4) is 0 Å². The number of pyridine rings is 1. The van der Waals surface area contributed by atoms with Gasteiger partial charge in [0.05, 0.1) is 11.4 Å². The summed E-state index contributed by atoms with van der Waals surface area (Å²) in [6.45, 7) is 25.3. The van der Waals surface area contributed by atoms with E-state index >= 15 is 8.78 Å². The highest BCUT2D eigenvalue weighted by atomic mass is 31.1. The van der Waals surface area contributed by atoms with Crippen molar-refractivity contribution in [3.8, 4) is 56.3 Å². The van der Waals surface area contributed by atoms with Crippen molar-refractivity contribution in [1.29, 1.82) is 0 Å². The smallest absolute Gasteiger partial charge is 0.127 e. The van der Waals surface area contributed by atoms with E-state index in [2.05, 4.69) is 100 Å². The number of aromatic hydroxyl groups is 2. The third kappa shape index (κ3) is 8.67. The van der Waals surface area contributed by atoms with E-state index in [1.807, 2.05) is 30.3 Å². The van der Waals surface area contributed by atoms with Crippen LogP contribution in [-0.4, -0.2) is 34.2 Å². The third-order valence-electron chi connectivity index (χ3n) is 16.6. The number of hydrogen-bond donors (Lipinski definition) is 2. The minimum Gasteiger partial charge on any atom is -0.507 e. The Bertz CT molecular complexity index is 2680. The van der Waals surface area contributed by atoms with E-state index in [9.17, 15) is 10.2 Å². The quantitative estimate of drug-likeness (QED) is 0.153. The number of aromatic nitrogens is 1. The lowest BCUT2D eigenvalue weighted by Gasteiger charge is -2.59. The van der Waals surface area contributed by atoms with Crippen LogP contribution in [-0.2, 0) is 10.8 Å². The van der Waals surface area contributed by atoms with Gasteiger partial charge in [0.25, 0.3) is 0 Å². The monoisotopic (exact) mass is 910 g/mol. The first-order valence-electron chi connectivity index (χ1n) is 25.0. The predicted molar refractivity (Wildman–Crippen MR) is 273 cm³/mol. The van der Waals surface area contributed by atoms with Gasteiger partial charge < -0.3 is 10.2 Å². The molecule has 4 aromatic carbocycles. The number of phenolic OH excluding ortho intramolecular Hbond substituents is 2. The van der Waals surface area contributed by atoms with Crippen molar-refractivity contribution in [2.45, 2.75) is 150 Å². The van der Waals surface area contributed by atoms with Gasteiger partial charge in [-0.3, -0.25) is 0 Å². The first kappa shape index (κ1) is 47.0. The third-order valence-corrected chi connectivity index (χ3v) is 19.2. The standard InChI is InChI=1S/C60H74F2NO2P/c1-36(2)40-15-17-44(48-23-42(61)25-50(54(48)64)59-20-19-57(9,33-59)35-66(11)30-39(6)29-59)46(21-40)52-13-12-14-53(63-52)47-22-41(37(3)4)16-18-45(47)49-24-43(62)26-51(55(49)65)60-28-38(5)27-58(10,34-60)31-56(7,8)32-60/h12-18,21-26,36-39,64-65H,19-20,27-35H2,1-11H3. The molecule has 3 aliphatic carbocycles. The predicted octanol–water partition coefficient (Wildman–Crippen LogP) is 17.1. The highest BCUT2D eigenvalue weighted by Gasteiger charge is 2.55. The summed E-state index contributed by atoms with van der Waals surface area (Å²) in [7, 11) is -0.0578. The minimum atomic E-state index is -0.341. The molecular formula is C60H74F2NO2P. The summed E-state index contributed by atoms with van der Waals surface area (Å²) in [4.78, 5) is 5.44. The normalized spacial score (nSPS) is 29.5. The van der Waals surface area contributed by atoms with Gasteiger partial charge in [-0.05, 0) is 193 Å². The van der Waals surface area contributed by atoms with E-state index in [1.54, 1.807) is 12.1 Å². The lowest BCUT2D eigenvalue weighted by atomic mass is 9.46. The Kier molecular flexibility index (Phi) is 12.0. The molecule has 5 aromatic rings. The number of phenols is 2. The number of fused-ring (bicyclic) bond motifs is 4. The summed E-state index contributed by atoms with van der Waals surface area (Å²) >= 11 is 0. The van der Waals surface area contributed by atoms with Crippen molar-refractivity contribution in [3.63, 3.8) is 0 Å². The van der Waals surface area contributed by atoms with Crippen LogP contribution in [0.5, 0.6) is 11.5 Å². The number of hydrogen-bond acceptors (Lipinski definition) is 3. The molecule has 4 bridgehead atoms. The van der Waals surface area contributed by atoms with E-state index in [4.69, 9.17) is 4.98 Å². The van der Waals surface area contributed by atoms with E-state index in [1.165, 1.54) is 24.5 Å². The Labute approximate surface area is 396 Å². The van der Waals surface area contributed by atoms with Crippen LogP contribution in [0.4, 0.5) is 8.78 Å². The van der Waals surface area contributed by atoms with Gasteiger partial charge in [-0.2, -0.15) is 0 Å². The molecule has 3 nitrogen and oxygen atoms in total. The Morgan fingerprint density at radius 3 is 1.64 bits per heavy atom. The zero-order valence-corrected chi connectivity index (χ0v) is 42.5. The molecule has 4 fully saturated rings. The van der Waals surface area contributed by atoms with Crippen molar-refractivity contribution in [2.75, 3.05) is 19.0 Å². The topological polar surface area (TPSA) is 53.4 Å². The summed E-state index contributed by atoms with van der Waals surface area (Å²) < 4.78 is 32.7. The molecule has 2 N–H and O–H groups in total. The highest BCUT2D eigenvalue weighted by molar-refractivity contribution is 7.56. The van der Waals surface area contributed by atoms with Crippen LogP contribution in [0.15, 0.2) is 78.9 Å². The fourth-order valence-corrected chi connectivity index (χ4v) is 18.2. The Hall–Kier alpha value is -4.08. The molecular weight excluding hydrogens is 836 g/mol. The maximum atomic E-state index is 16.4. The number of rotatable bonds is 8. The van der Waals surface area contributed by atoms with E-state index in [-0.39, 0.29) is 70.0 Å². The van der Waals surface area contributed by atoms with Crippen molar-refractivity contribution in [1.82, 2.24) is 4.98 Å². The molecule has 1 aliphatic heterocycles. The van der Waals surface area contributed by atoms with Crippen LogP contribution in [0, 0.1) is 39.7 Å². The molecule has 1 aromatic heterocycles. The lowest BCUT2D eigenvalue weighted by molar-refractivity contribution is -0.0313. The second kappa shape index (κ2) is 16.9. The summed E-state index contributed by atoms with van der Waals surface area (Å²) in [6.07, 6.45) is 11.4. The summed E-state index contributed by atoms with van der Waals surface area (Å²) in [5.74, 6) is 1.06. The summed E-state index contributed by atoms with van der Waals surface area (Å²) in [5.41, 5.74) is 8.93. The van der Waals surface area contributed by atoms with Crippen LogP contribution < -0.4 is 0 Å². The zero-order chi connectivity index (χ0) is 47.3. The van der Waals surface area contributed by atoms with Crippen molar-refractivity contribution in [3.05, 3.63) is 113 Å². The Balaban J connectivity index is 1.19. The largest absolute Gasteiger partial charge is 0.507 e. The van der Waals surface area contributed by atoms with Crippen LogP contribution in [0.2, 0.25) is 0 Å². The Morgan fingerprint density at radius 2 is 1.09 bits per heavy atom. The maximum absolute atomic E-state index is 16.4. The lowest BCUT2D eigenvalue weighted by Crippen LogP contribution is -2.50. The molecule has 7 unspecified atom stereocenters. The van der Waals surface area contributed by atoms with Crippen LogP contribution in [0.25, 0.3) is 44.8 Å². The summed E-state index contributed by atoms with van der Waals surface area (Å²) in [6, 6.07) is 24.9. The van der Waals surface area contributed by atoms with Gasteiger partial charge in [-0.25, -0.2) is 13.8 Å². The molecule has 3 saturated carbocycles. The van der Waals surface area contributed by atoms with Crippen molar-refractivity contribution < 1.29 is 19.0 Å². The van der Waals surface area contributed by atoms with E-state index < -0.39 is 0 Å². The van der Waals surface area contributed by atoms with E-state index in [0.29, 0.717) is 34.4 Å². The molecule has 7 atom stereocenters. The summed E-state index contributed by atoms with van der Waals surface area (Å²) in [5, 5.41) is 25.2. The van der Waals surface area contributed by atoms with Gasteiger partial charge in [0, 0.05) is 38.8 Å². The van der Waals surface area contributed by atoms with Gasteiger partial charge in [0.15, 0.2) is 0 Å². The molecule has 0 spiro atoms. The molecule has 0 radical (unpaired) electrons. The first-order chi connectivity index (χ1) is 31.0. The molecule has 350 valence electrons. The zero-order valence-electron chi connectivity index (χ0n) is 41.6. The molecule has 2 heterocycles. The van der Waals surface area contributed by atoms with Gasteiger partial charge >= 0.3 is 0 Å². The van der Waals surface area contributed by atoms with E-state index in [0.717, 1.165) is 102 Å². The molecule has 0 amide bonds. The number of halogens is 2. The van der Waals surface area contributed by atoms with Gasteiger partial charge in [-0.15, -0.1) is 7.92 Å². The molecule has 9 rings (SSSR count).